The number of nitrogens with two attached hydrogens (primary N) is 1. The average molecular weight is 328 g/mol. The van der Waals surface area contributed by atoms with Crippen molar-refractivity contribution in [3.8, 4) is 11.4 Å². The van der Waals surface area contributed by atoms with E-state index in [2.05, 4.69) is 5.10 Å². The minimum Gasteiger partial charge on any atom is -0.489 e. The standard InChI is InChI=1S/C18H24N4O2/c1-2-11-24-16-13-22(15-8-4-3-5-9-15)20-17(16)18(23)21-10-6-7-14(19)12-21/h3-5,8-9,13-14H,2,6-7,10-12,19H2,1H3. The Morgan fingerprint density at radius 1 is 1.38 bits per heavy atom. The molecule has 1 saturated heterocycles. The van der Waals surface area contributed by atoms with Crippen molar-refractivity contribution in [1.29, 1.82) is 0 Å². The van der Waals surface area contributed by atoms with Crippen molar-refractivity contribution in [3.05, 3.63) is 42.2 Å². The molecule has 24 heavy (non-hydrogen) atoms. The fraction of sp³-hybridized carbons (Fsp3) is 0.444. The molecule has 1 amide bonds. The summed E-state index contributed by atoms with van der Waals surface area (Å²) in [5.41, 5.74) is 7.26. The molecule has 2 heterocycles. The maximum atomic E-state index is 12.9. The predicted octanol–water partition coefficient (Wildman–Crippen LogP) is 2.22. The zero-order valence-electron chi connectivity index (χ0n) is 14.0. The van der Waals surface area contributed by atoms with Crippen LogP contribution >= 0.6 is 0 Å². The summed E-state index contributed by atoms with van der Waals surface area (Å²) < 4.78 is 7.46. The Morgan fingerprint density at radius 3 is 2.88 bits per heavy atom. The molecule has 0 aliphatic carbocycles. The van der Waals surface area contributed by atoms with Crippen LogP contribution in [0.15, 0.2) is 36.5 Å². The number of ether oxygens (including phenoxy) is 1. The molecule has 6 nitrogen and oxygen atoms in total. The number of carbonyl (C=O) groups is 1. The van der Waals surface area contributed by atoms with E-state index in [9.17, 15) is 4.79 Å². The fourth-order valence-corrected chi connectivity index (χ4v) is 2.88. The van der Waals surface area contributed by atoms with E-state index in [1.54, 1.807) is 15.8 Å². The van der Waals surface area contributed by atoms with Gasteiger partial charge in [0.2, 0.25) is 0 Å². The Kier molecular flexibility index (Phi) is 5.15. The molecular formula is C18H24N4O2. The summed E-state index contributed by atoms with van der Waals surface area (Å²) in [5, 5.41) is 4.49. The van der Waals surface area contributed by atoms with Crippen molar-refractivity contribution in [2.24, 2.45) is 5.73 Å². The van der Waals surface area contributed by atoms with E-state index in [4.69, 9.17) is 10.5 Å². The molecule has 0 spiro atoms. The number of hydrogen-bond donors (Lipinski definition) is 1. The van der Waals surface area contributed by atoms with Crippen LogP contribution in [0.2, 0.25) is 0 Å². The van der Waals surface area contributed by atoms with Gasteiger partial charge in [0.15, 0.2) is 11.4 Å². The molecule has 0 radical (unpaired) electrons. The van der Waals surface area contributed by atoms with Crippen molar-refractivity contribution in [3.63, 3.8) is 0 Å². The van der Waals surface area contributed by atoms with Gasteiger partial charge in [-0.2, -0.15) is 5.10 Å². The van der Waals surface area contributed by atoms with Gasteiger partial charge in [-0.15, -0.1) is 0 Å². The third kappa shape index (κ3) is 3.59. The van der Waals surface area contributed by atoms with Gasteiger partial charge in [-0.05, 0) is 31.4 Å². The van der Waals surface area contributed by atoms with Crippen LogP contribution in [0.5, 0.6) is 5.75 Å². The van der Waals surface area contributed by atoms with Crippen LogP contribution in [-0.2, 0) is 0 Å². The summed E-state index contributed by atoms with van der Waals surface area (Å²) in [6.45, 7) is 3.88. The number of amides is 1. The number of carbonyl (C=O) groups excluding carboxylic acids is 1. The minimum atomic E-state index is -0.106. The number of aromatic nitrogens is 2. The van der Waals surface area contributed by atoms with Crippen LogP contribution in [0.4, 0.5) is 0 Å². The zero-order valence-corrected chi connectivity index (χ0v) is 14.0. The molecule has 0 saturated carbocycles. The van der Waals surface area contributed by atoms with E-state index in [0.717, 1.165) is 31.5 Å². The summed E-state index contributed by atoms with van der Waals surface area (Å²) in [7, 11) is 0. The van der Waals surface area contributed by atoms with Crippen LogP contribution in [0.3, 0.4) is 0 Å². The Morgan fingerprint density at radius 2 is 2.17 bits per heavy atom. The quantitative estimate of drug-likeness (QED) is 0.913. The van der Waals surface area contributed by atoms with Crippen molar-refractivity contribution in [1.82, 2.24) is 14.7 Å². The Balaban J connectivity index is 1.89. The topological polar surface area (TPSA) is 73.4 Å². The van der Waals surface area contributed by atoms with E-state index in [1.807, 2.05) is 37.3 Å². The van der Waals surface area contributed by atoms with Crippen LogP contribution in [0.25, 0.3) is 5.69 Å². The number of benzene rings is 1. The summed E-state index contributed by atoms with van der Waals surface area (Å²) >= 11 is 0. The average Bonchev–Trinajstić information content (AvgIpc) is 3.04. The van der Waals surface area contributed by atoms with Crippen LogP contribution in [0, 0.1) is 0 Å². The zero-order chi connectivity index (χ0) is 16.9. The van der Waals surface area contributed by atoms with E-state index in [-0.39, 0.29) is 11.9 Å². The number of hydrogen-bond acceptors (Lipinski definition) is 4. The molecule has 6 heteroatoms. The summed E-state index contributed by atoms with van der Waals surface area (Å²) in [5.74, 6) is 0.427. The highest BCUT2D eigenvalue weighted by atomic mass is 16.5. The maximum absolute atomic E-state index is 12.9. The first-order valence-corrected chi connectivity index (χ1v) is 8.51. The molecule has 128 valence electrons. The number of piperidine rings is 1. The first-order valence-electron chi connectivity index (χ1n) is 8.51. The lowest BCUT2D eigenvalue weighted by atomic mass is 10.1. The SMILES string of the molecule is CCCOc1cn(-c2ccccc2)nc1C(=O)N1CCCC(N)C1. The molecule has 1 aliphatic heterocycles. The Bertz CT molecular complexity index is 684. The van der Waals surface area contributed by atoms with E-state index in [1.165, 1.54) is 0 Å². The molecule has 0 bridgehead atoms. The van der Waals surface area contributed by atoms with Crippen molar-refractivity contribution >= 4 is 5.91 Å². The highest BCUT2D eigenvalue weighted by Crippen LogP contribution is 2.23. The van der Waals surface area contributed by atoms with Gasteiger partial charge in [0.1, 0.15) is 0 Å². The van der Waals surface area contributed by atoms with Gasteiger partial charge in [-0.25, -0.2) is 4.68 Å². The van der Waals surface area contributed by atoms with Crippen molar-refractivity contribution in [2.75, 3.05) is 19.7 Å². The number of rotatable bonds is 5. The predicted molar refractivity (Wildman–Crippen MR) is 92.5 cm³/mol. The normalized spacial score (nSPS) is 17.8. The molecule has 1 fully saturated rings. The lowest BCUT2D eigenvalue weighted by Gasteiger charge is -2.30. The summed E-state index contributed by atoms with van der Waals surface area (Å²) in [6, 6.07) is 9.76. The molecule has 3 rings (SSSR count). The summed E-state index contributed by atoms with van der Waals surface area (Å²) in [4.78, 5) is 14.7. The van der Waals surface area contributed by atoms with Crippen molar-refractivity contribution in [2.45, 2.75) is 32.2 Å². The molecule has 2 aromatic rings. The largest absolute Gasteiger partial charge is 0.489 e. The molecule has 1 aromatic heterocycles. The highest BCUT2D eigenvalue weighted by Gasteiger charge is 2.27. The van der Waals surface area contributed by atoms with Crippen LogP contribution in [-0.4, -0.2) is 46.3 Å². The second-order valence-electron chi connectivity index (χ2n) is 6.12. The van der Waals surface area contributed by atoms with Gasteiger partial charge in [0.25, 0.3) is 5.91 Å². The first kappa shape index (κ1) is 16.5. The second-order valence-corrected chi connectivity index (χ2v) is 6.12. The fourth-order valence-electron chi connectivity index (χ4n) is 2.88. The van der Waals surface area contributed by atoms with E-state index in [0.29, 0.717) is 24.6 Å². The number of para-hydroxylation sites is 1. The number of nitrogens with zero attached hydrogens (tertiary/aromatic N) is 3. The van der Waals surface area contributed by atoms with E-state index < -0.39 is 0 Å². The molecule has 1 atom stereocenters. The Labute approximate surface area is 142 Å². The lowest BCUT2D eigenvalue weighted by Crippen LogP contribution is -2.45. The van der Waals surface area contributed by atoms with Gasteiger partial charge in [0, 0.05) is 19.1 Å². The van der Waals surface area contributed by atoms with E-state index >= 15 is 0 Å². The smallest absolute Gasteiger partial charge is 0.278 e. The van der Waals surface area contributed by atoms with Crippen LogP contribution < -0.4 is 10.5 Å². The molecule has 2 N–H and O–H groups in total. The lowest BCUT2D eigenvalue weighted by molar-refractivity contribution is 0.0698. The van der Waals surface area contributed by atoms with Crippen molar-refractivity contribution < 1.29 is 9.53 Å². The minimum absolute atomic E-state index is 0.0407. The highest BCUT2D eigenvalue weighted by molar-refractivity contribution is 5.95. The van der Waals surface area contributed by atoms with Crippen LogP contribution in [0.1, 0.15) is 36.7 Å². The monoisotopic (exact) mass is 328 g/mol. The molecular weight excluding hydrogens is 304 g/mol. The van der Waals surface area contributed by atoms with Gasteiger partial charge < -0.3 is 15.4 Å². The van der Waals surface area contributed by atoms with Gasteiger partial charge in [0.05, 0.1) is 18.5 Å². The van der Waals surface area contributed by atoms with Gasteiger partial charge in [-0.1, -0.05) is 25.1 Å². The maximum Gasteiger partial charge on any atom is 0.278 e. The molecule has 1 aliphatic rings. The first-order chi connectivity index (χ1) is 11.7. The third-order valence-corrected chi connectivity index (χ3v) is 4.11. The van der Waals surface area contributed by atoms with Gasteiger partial charge >= 0.3 is 0 Å². The van der Waals surface area contributed by atoms with Gasteiger partial charge in [-0.3, -0.25) is 4.79 Å². The third-order valence-electron chi connectivity index (χ3n) is 4.11. The second kappa shape index (κ2) is 7.49. The molecule has 1 unspecified atom stereocenters. The molecule has 1 aromatic carbocycles. The summed E-state index contributed by atoms with van der Waals surface area (Å²) in [6.07, 6.45) is 4.54. The Hall–Kier alpha value is -2.34. The number of likely N-dealkylation sites (tertiary alicyclic amines) is 1.